The van der Waals surface area contributed by atoms with Gasteiger partial charge in [-0.25, -0.2) is 4.79 Å². The number of phenolic OH excluding ortho intramolecular Hbond substituents is 1. The Bertz CT molecular complexity index is 892. The minimum absolute atomic E-state index is 0.0756. The van der Waals surface area contributed by atoms with Gasteiger partial charge in [-0.15, -0.1) is 0 Å². The first-order valence-electron chi connectivity index (χ1n) is 10.2. The summed E-state index contributed by atoms with van der Waals surface area (Å²) in [5.74, 6) is -1.61. The fourth-order valence-electron chi connectivity index (χ4n) is 3.08. The monoisotopic (exact) mass is 459 g/mol. The second-order valence-corrected chi connectivity index (χ2v) is 8.39. The minimum Gasteiger partial charge on any atom is -0.508 e. The topological polar surface area (TPSA) is 142 Å². The average molecular weight is 460 g/mol. The number of aliphatic carboxylic acids is 1. The fraction of sp³-hybridized carbons (Fsp3) is 0.348. The number of phenols is 1. The molecule has 2 aromatic carbocycles. The second-order valence-electron chi connectivity index (χ2n) is 7.41. The number of carboxylic acids is 1. The van der Waals surface area contributed by atoms with Gasteiger partial charge in [0.15, 0.2) is 0 Å². The van der Waals surface area contributed by atoms with E-state index in [0.29, 0.717) is 17.7 Å². The Morgan fingerprint density at radius 2 is 1.50 bits per heavy atom. The fourth-order valence-corrected chi connectivity index (χ4v) is 3.55. The van der Waals surface area contributed by atoms with Gasteiger partial charge in [-0.05, 0) is 48.1 Å². The van der Waals surface area contributed by atoms with E-state index in [1.165, 1.54) is 23.9 Å². The van der Waals surface area contributed by atoms with Gasteiger partial charge in [0.2, 0.25) is 11.8 Å². The Kier molecular flexibility index (Phi) is 10.0. The van der Waals surface area contributed by atoms with Crippen molar-refractivity contribution in [1.29, 1.82) is 0 Å². The maximum absolute atomic E-state index is 12.9. The van der Waals surface area contributed by atoms with Crippen LogP contribution in [0.4, 0.5) is 0 Å². The first kappa shape index (κ1) is 25.2. The summed E-state index contributed by atoms with van der Waals surface area (Å²) in [6, 6.07) is 12.5. The summed E-state index contributed by atoms with van der Waals surface area (Å²) in [6.07, 6.45) is 2.52. The molecule has 2 rings (SSSR count). The van der Waals surface area contributed by atoms with Crippen molar-refractivity contribution in [3.05, 3.63) is 65.7 Å². The molecule has 3 unspecified atom stereocenters. The molecule has 0 saturated carbocycles. The molecule has 0 aliphatic rings. The van der Waals surface area contributed by atoms with Crippen LogP contribution in [0.3, 0.4) is 0 Å². The highest BCUT2D eigenvalue weighted by Gasteiger charge is 2.28. The van der Waals surface area contributed by atoms with Crippen molar-refractivity contribution >= 4 is 29.5 Å². The number of carboxylic acid groups (broad SMARTS) is 1. The number of carbonyl (C=O) groups excluding carboxylic acids is 2. The highest BCUT2D eigenvalue weighted by Crippen LogP contribution is 2.12. The second kappa shape index (κ2) is 12.7. The number of nitrogens with two attached hydrogens (primary N) is 1. The van der Waals surface area contributed by atoms with Crippen molar-refractivity contribution in [2.24, 2.45) is 5.73 Å². The molecule has 0 fully saturated rings. The van der Waals surface area contributed by atoms with Crippen LogP contribution < -0.4 is 16.4 Å². The van der Waals surface area contributed by atoms with Crippen LogP contribution in [-0.4, -0.2) is 58.1 Å². The van der Waals surface area contributed by atoms with Gasteiger partial charge in [-0.1, -0.05) is 42.5 Å². The van der Waals surface area contributed by atoms with Gasteiger partial charge in [-0.2, -0.15) is 11.8 Å². The molecular weight excluding hydrogens is 430 g/mol. The van der Waals surface area contributed by atoms with Crippen molar-refractivity contribution in [3.63, 3.8) is 0 Å². The van der Waals surface area contributed by atoms with Crippen LogP contribution in [0.25, 0.3) is 0 Å². The zero-order valence-electron chi connectivity index (χ0n) is 17.9. The van der Waals surface area contributed by atoms with Crippen LogP contribution in [0.5, 0.6) is 5.75 Å². The van der Waals surface area contributed by atoms with Crippen molar-refractivity contribution < 1.29 is 24.6 Å². The number of thioether (sulfide) groups is 1. The smallest absolute Gasteiger partial charge is 0.326 e. The van der Waals surface area contributed by atoms with E-state index >= 15 is 0 Å². The zero-order valence-corrected chi connectivity index (χ0v) is 18.7. The zero-order chi connectivity index (χ0) is 23.5. The quantitative estimate of drug-likeness (QED) is 0.322. The summed E-state index contributed by atoms with van der Waals surface area (Å²) in [4.78, 5) is 37.2. The Hall–Kier alpha value is -3.04. The SMILES string of the molecule is CSCCC(NC(=O)C(Cc1ccc(O)cc1)NC(=O)C(N)Cc1ccccc1)C(=O)O. The predicted molar refractivity (Wildman–Crippen MR) is 124 cm³/mol. The molecule has 0 radical (unpaired) electrons. The van der Waals surface area contributed by atoms with Crippen molar-refractivity contribution in [2.75, 3.05) is 12.0 Å². The molecule has 3 atom stereocenters. The van der Waals surface area contributed by atoms with Gasteiger partial charge in [0, 0.05) is 6.42 Å². The lowest BCUT2D eigenvalue weighted by molar-refractivity contribution is -0.142. The first-order chi connectivity index (χ1) is 15.3. The van der Waals surface area contributed by atoms with E-state index in [4.69, 9.17) is 5.73 Å². The molecule has 0 aliphatic heterocycles. The maximum Gasteiger partial charge on any atom is 0.326 e. The minimum atomic E-state index is -1.14. The number of hydrogen-bond donors (Lipinski definition) is 5. The maximum atomic E-state index is 12.9. The lowest BCUT2D eigenvalue weighted by atomic mass is 10.0. The van der Waals surface area contributed by atoms with E-state index in [1.54, 1.807) is 12.1 Å². The highest BCUT2D eigenvalue weighted by molar-refractivity contribution is 7.98. The number of hydrogen-bond acceptors (Lipinski definition) is 6. The summed E-state index contributed by atoms with van der Waals surface area (Å²) in [5.41, 5.74) is 7.63. The summed E-state index contributed by atoms with van der Waals surface area (Å²) < 4.78 is 0. The van der Waals surface area contributed by atoms with Gasteiger partial charge in [0.1, 0.15) is 17.8 Å². The molecule has 9 heteroatoms. The molecule has 8 nitrogen and oxygen atoms in total. The Morgan fingerprint density at radius 1 is 0.906 bits per heavy atom. The van der Waals surface area contributed by atoms with Crippen molar-refractivity contribution in [2.45, 2.75) is 37.4 Å². The molecule has 0 aromatic heterocycles. The average Bonchev–Trinajstić information content (AvgIpc) is 2.77. The third-order valence-electron chi connectivity index (χ3n) is 4.87. The van der Waals surface area contributed by atoms with Crippen LogP contribution >= 0.6 is 11.8 Å². The van der Waals surface area contributed by atoms with Gasteiger partial charge in [0.25, 0.3) is 0 Å². The van der Waals surface area contributed by atoms with Crippen LogP contribution in [0.15, 0.2) is 54.6 Å². The van der Waals surface area contributed by atoms with E-state index in [1.807, 2.05) is 36.6 Å². The molecule has 0 bridgehead atoms. The lowest BCUT2D eigenvalue weighted by Gasteiger charge is -2.23. The number of nitrogens with one attached hydrogen (secondary N) is 2. The first-order valence-corrected chi connectivity index (χ1v) is 11.6. The summed E-state index contributed by atoms with van der Waals surface area (Å²) in [6.45, 7) is 0. The van der Waals surface area contributed by atoms with E-state index < -0.39 is 35.9 Å². The van der Waals surface area contributed by atoms with Crippen LogP contribution in [-0.2, 0) is 27.2 Å². The largest absolute Gasteiger partial charge is 0.508 e. The summed E-state index contributed by atoms with van der Waals surface area (Å²) in [7, 11) is 0. The molecule has 2 amide bonds. The molecule has 6 N–H and O–H groups in total. The van der Waals surface area contributed by atoms with E-state index in [2.05, 4.69) is 10.6 Å². The third kappa shape index (κ3) is 8.24. The van der Waals surface area contributed by atoms with E-state index in [9.17, 15) is 24.6 Å². The van der Waals surface area contributed by atoms with Crippen LogP contribution in [0.2, 0.25) is 0 Å². The Labute approximate surface area is 191 Å². The Morgan fingerprint density at radius 3 is 2.09 bits per heavy atom. The normalized spacial score (nSPS) is 13.6. The molecule has 2 aromatic rings. The van der Waals surface area contributed by atoms with Crippen LogP contribution in [0.1, 0.15) is 17.5 Å². The molecule has 0 heterocycles. The highest BCUT2D eigenvalue weighted by atomic mass is 32.2. The number of aromatic hydroxyl groups is 1. The standard InChI is InChI=1S/C23H29N3O5S/c1-32-12-11-19(23(30)31)25-22(29)20(14-16-7-9-17(27)10-8-16)26-21(28)18(24)13-15-5-3-2-4-6-15/h2-10,18-20,27H,11-14,24H2,1H3,(H,25,29)(H,26,28)(H,30,31). The molecule has 172 valence electrons. The molecular formula is C23H29N3O5S. The summed E-state index contributed by atoms with van der Waals surface area (Å²) in [5, 5.41) is 24.1. The van der Waals surface area contributed by atoms with Gasteiger partial charge in [0.05, 0.1) is 6.04 Å². The summed E-state index contributed by atoms with van der Waals surface area (Å²) >= 11 is 1.48. The van der Waals surface area contributed by atoms with E-state index in [-0.39, 0.29) is 18.6 Å². The van der Waals surface area contributed by atoms with Gasteiger partial charge < -0.3 is 26.6 Å². The van der Waals surface area contributed by atoms with Crippen molar-refractivity contribution in [1.82, 2.24) is 10.6 Å². The number of carbonyl (C=O) groups is 3. The number of amides is 2. The van der Waals surface area contributed by atoms with Gasteiger partial charge >= 0.3 is 5.97 Å². The number of rotatable bonds is 12. The van der Waals surface area contributed by atoms with Crippen molar-refractivity contribution in [3.8, 4) is 5.75 Å². The third-order valence-corrected chi connectivity index (χ3v) is 5.51. The van der Waals surface area contributed by atoms with Crippen LogP contribution in [0, 0.1) is 0 Å². The number of benzene rings is 2. The lowest BCUT2D eigenvalue weighted by Crippen LogP contribution is -2.55. The molecule has 0 aliphatic carbocycles. The molecule has 0 spiro atoms. The van der Waals surface area contributed by atoms with E-state index in [0.717, 1.165) is 5.56 Å². The molecule has 0 saturated heterocycles. The molecule has 32 heavy (non-hydrogen) atoms. The predicted octanol–water partition coefficient (Wildman–Crippen LogP) is 1.31. The van der Waals surface area contributed by atoms with Gasteiger partial charge in [-0.3, -0.25) is 9.59 Å². The Balaban J connectivity index is 2.13.